The van der Waals surface area contributed by atoms with Gasteiger partial charge < -0.3 is 15.4 Å². The molecule has 0 bridgehead atoms. The maximum atomic E-state index is 10.8. The number of hydrogen-bond acceptors (Lipinski definition) is 3. The molecule has 1 aliphatic heterocycles. The molecule has 4 nitrogen and oxygen atoms in total. The molecular weight excluding hydrogens is 156 g/mol. The van der Waals surface area contributed by atoms with Crippen LogP contribution in [-0.2, 0) is 9.53 Å². The fourth-order valence-electron chi connectivity index (χ4n) is 1.23. The first-order valence-corrected chi connectivity index (χ1v) is 4.36. The van der Waals surface area contributed by atoms with Crippen LogP contribution in [0.3, 0.4) is 0 Å². The van der Waals surface area contributed by atoms with E-state index in [1.807, 2.05) is 0 Å². The molecule has 0 aromatic rings. The standard InChI is InChI=1S/C8H16N2O2/c1-9-8(11)6-12-7-2-4-10-5-3-7/h7,10H,2-6H2,1H3,(H,9,11). The molecule has 1 aliphatic rings. The largest absolute Gasteiger partial charge is 0.368 e. The predicted octanol–water partition coefficient (Wildman–Crippen LogP) is -0.499. The van der Waals surface area contributed by atoms with Crippen LogP contribution >= 0.6 is 0 Å². The van der Waals surface area contributed by atoms with Crippen LogP contribution in [0.5, 0.6) is 0 Å². The number of amides is 1. The van der Waals surface area contributed by atoms with Crippen LogP contribution in [0.15, 0.2) is 0 Å². The molecule has 0 aliphatic carbocycles. The van der Waals surface area contributed by atoms with E-state index in [-0.39, 0.29) is 18.6 Å². The molecular formula is C8H16N2O2. The summed E-state index contributed by atoms with van der Waals surface area (Å²) in [5.41, 5.74) is 0. The Morgan fingerprint density at radius 1 is 1.58 bits per heavy atom. The van der Waals surface area contributed by atoms with Gasteiger partial charge in [0.1, 0.15) is 6.61 Å². The summed E-state index contributed by atoms with van der Waals surface area (Å²) in [4.78, 5) is 10.8. The van der Waals surface area contributed by atoms with Gasteiger partial charge >= 0.3 is 0 Å². The minimum atomic E-state index is -0.0477. The fraction of sp³-hybridized carbons (Fsp3) is 0.875. The molecule has 0 radical (unpaired) electrons. The van der Waals surface area contributed by atoms with Gasteiger partial charge in [-0.15, -0.1) is 0 Å². The van der Waals surface area contributed by atoms with Crippen molar-refractivity contribution in [1.29, 1.82) is 0 Å². The monoisotopic (exact) mass is 172 g/mol. The van der Waals surface area contributed by atoms with Crippen molar-refractivity contribution in [2.24, 2.45) is 0 Å². The minimum Gasteiger partial charge on any atom is -0.368 e. The quantitative estimate of drug-likeness (QED) is 0.603. The van der Waals surface area contributed by atoms with Crippen LogP contribution in [0.25, 0.3) is 0 Å². The summed E-state index contributed by atoms with van der Waals surface area (Å²) in [6, 6.07) is 0. The lowest BCUT2D eigenvalue weighted by Crippen LogP contribution is -2.35. The summed E-state index contributed by atoms with van der Waals surface area (Å²) in [6.45, 7) is 2.19. The third-order valence-corrected chi connectivity index (χ3v) is 2.02. The number of carbonyl (C=O) groups is 1. The molecule has 0 unspecified atom stereocenters. The van der Waals surface area contributed by atoms with Crippen LogP contribution in [0, 0.1) is 0 Å². The van der Waals surface area contributed by atoms with E-state index in [1.165, 1.54) is 0 Å². The van der Waals surface area contributed by atoms with Crippen molar-refractivity contribution in [2.45, 2.75) is 18.9 Å². The highest BCUT2D eigenvalue weighted by Gasteiger charge is 2.13. The van der Waals surface area contributed by atoms with Gasteiger partial charge in [0.15, 0.2) is 0 Å². The van der Waals surface area contributed by atoms with Gasteiger partial charge in [0, 0.05) is 7.05 Å². The lowest BCUT2D eigenvalue weighted by molar-refractivity contribution is -0.127. The van der Waals surface area contributed by atoms with E-state index in [9.17, 15) is 4.79 Å². The molecule has 1 saturated heterocycles. The Morgan fingerprint density at radius 3 is 2.83 bits per heavy atom. The normalized spacial score (nSPS) is 19.1. The zero-order valence-corrected chi connectivity index (χ0v) is 7.43. The molecule has 0 aromatic carbocycles. The molecule has 0 atom stereocenters. The number of rotatable bonds is 3. The second kappa shape index (κ2) is 5.11. The number of ether oxygens (including phenoxy) is 1. The lowest BCUT2D eigenvalue weighted by Gasteiger charge is -2.22. The van der Waals surface area contributed by atoms with Crippen molar-refractivity contribution in [3.05, 3.63) is 0 Å². The third kappa shape index (κ3) is 3.19. The van der Waals surface area contributed by atoms with Gasteiger partial charge in [-0.25, -0.2) is 0 Å². The Labute approximate surface area is 72.7 Å². The number of piperidine rings is 1. The Balaban J connectivity index is 2.09. The van der Waals surface area contributed by atoms with Gasteiger partial charge in [0.25, 0.3) is 0 Å². The number of likely N-dealkylation sites (N-methyl/N-ethyl adjacent to an activating group) is 1. The van der Waals surface area contributed by atoms with Crippen LogP contribution in [-0.4, -0.2) is 38.8 Å². The Morgan fingerprint density at radius 2 is 2.25 bits per heavy atom. The summed E-state index contributed by atoms with van der Waals surface area (Å²) in [5.74, 6) is -0.0477. The molecule has 1 amide bonds. The van der Waals surface area contributed by atoms with Gasteiger partial charge in [0.05, 0.1) is 6.10 Å². The van der Waals surface area contributed by atoms with E-state index in [0.29, 0.717) is 0 Å². The topological polar surface area (TPSA) is 50.4 Å². The minimum absolute atomic E-state index is 0.0477. The average molecular weight is 172 g/mol. The molecule has 12 heavy (non-hydrogen) atoms. The first-order valence-electron chi connectivity index (χ1n) is 4.36. The maximum absolute atomic E-state index is 10.8. The van der Waals surface area contributed by atoms with Gasteiger partial charge in [-0.3, -0.25) is 4.79 Å². The fourth-order valence-corrected chi connectivity index (χ4v) is 1.23. The van der Waals surface area contributed by atoms with E-state index in [4.69, 9.17) is 4.74 Å². The number of carbonyl (C=O) groups excluding carboxylic acids is 1. The summed E-state index contributed by atoms with van der Waals surface area (Å²) in [7, 11) is 1.62. The molecule has 1 heterocycles. The lowest BCUT2D eigenvalue weighted by atomic mass is 10.1. The second-order valence-electron chi connectivity index (χ2n) is 2.93. The van der Waals surface area contributed by atoms with Crippen LogP contribution in [0.2, 0.25) is 0 Å². The maximum Gasteiger partial charge on any atom is 0.245 e. The van der Waals surface area contributed by atoms with Crippen molar-refractivity contribution in [2.75, 3.05) is 26.7 Å². The first-order chi connectivity index (χ1) is 5.83. The van der Waals surface area contributed by atoms with Crippen molar-refractivity contribution in [1.82, 2.24) is 10.6 Å². The zero-order valence-electron chi connectivity index (χ0n) is 7.43. The average Bonchev–Trinajstić information content (AvgIpc) is 2.16. The van der Waals surface area contributed by atoms with E-state index in [0.717, 1.165) is 25.9 Å². The molecule has 1 fully saturated rings. The summed E-state index contributed by atoms with van der Waals surface area (Å²) >= 11 is 0. The predicted molar refractivity (Wildman–Crippen MR) is 45.9 cm³/mol. The molecule has 4 heteroatoms. The van der Waals surface area contributed by atoms with Crippen molar-refractivity contribution < 1.29 is 9.53 Å². The van der Waals surface area contributed by atoms with Gasteiger partial charge in [-0.2, -0.15) is 0 Å². The van der Waals surface area contributed by atoms with E-state index in [2.05, 4.69) is 10.6 Å². The smallest absolute Gasteiger partial charge is 0.245 e. The third-order valence-electron chi connectivity index (χ3n) is 2.02. The Kier molecular flexibility index (Phi) is 4.04. The zero-order chi connectivity index (χ0) is 8.81. The van der Waals surface area contributed by atoms with Crippen LogP contribution in [0.1, 0.15) is 12.8 Å². The molecule has 0 spiro atoms. The van der Waals surface area contributed by atoms with E-state index >= 15 is 0 Å². The number of hydrogen-bond donors (Lipinski definition) is 2. The Bertz CT molecular complexity index is 144. The SMILES string of the molecule is CNC(=O)COC1CCNCC1. The van der Waals surface area contributed by atoms with Gasteiger partial charge in [-0.1, -0.05) is 0 Å². The van der Waals surface area contributed by atoms with Crippen molar-refractivity contribution in [3.8, 4) is 0 Å². The highest BCUT2D eigenvalue weighted by atomic mass is 16.5. The van der Waals surface area contributed by atoms with E-state index < -0.39 is 0 Å². The van der Waals surface area contributed by atoms with Gasteiger partial charge in [0.2, 0.25) is 5.91 Å². The highest BCUT2D eigenvalue weighted by Crippen LogP contribution is 2.06. The molecule has 0 saturated carbocycles. The van der Waals surface area contributed by atoms with Crippen molar-refractivity contribution >= 4 is 5.91 Å². The second-order valence-corrected chi connectivity index (χ2v) is 2.93. The highest BCUT2D eigenvalue weighted by molar-refractivity contribution is 5.76. The van der Waals surface area contributed by atoms with Crippen molar-refractivity contribution in [3.63, 3.8) is 0 Å². The van der Waals surface area contributed by atoms with Crippen LogP contribution in [0.4, 0.5) is 0 Å². The molecule has 0 aromatic heterocycles. The molecule has 2 N–H and O–H groups in total. The van der Waals surface area contributed by atoms with Gasteiger partial charge in [-0.05, 0) is 25.9 Å². The number of nitrogens with one attached hydrogen (secondary N) is 2. The molecule has 70 valence electrons. The van der Waals surface area contributed by atoms with Crippen LogP contribution < -0.4 is 10.6 Å². The summed E-state index contributed by atoms with van der Waals surface area (Å²) < 4.78 is 5.38. The van der Waals surface area contributed by atoms with E-state index in [1.54, 1.807) is 7.05 Å². The first kappa shape index (κ1) is 9.48. The Hall–Kier alpha value is -0.610. The summed E-state index contributed by atoms with van der Waals surface area (Å²) in [6.07, 6.45) is 2.29. The molecule has 1 rings (SSSR count). The summed E-state index contributed by atoms with van der Waals surface area (Å²) in [5, 5.41) is 5.76.